The van der Waals surface area contributed by atoms with Gasteiger partial charge in [-0.2, -0.15) is 5.10 Å². The molecular formula is C23H26N4O3. The average molecular weight is 406 g/mol. The molecule has 2 aromatic heterocycles. The molecule has 2 aliphatic rings. The molecule has 7 nitrogen and oxygen atoms in total. The van der Waals surface area contributed by atoms with Crippen LogP contribution in [-0.4, -0.2) is 38.1 Å². The zero-order valence-corrected chi connectivity index (χ0v) is 16.7. The summed E-state index contributed by atoms with van der Waals surface area (Å²) < 4.78 is 8.00. The van der Waals surface area contributed by atoms with E-state index in [-0.39, 0.29) is 5.92 Å². The van der Waals surface area contributed by atoms with Crippen molar-refractivity contribution in [2.45, 2.75) is 38.0 Å². The highest BCUT2D eigenvalue weighted by molar-refractivity contribution is 5.63. The van der Waals surface area contributed by atoms with Gasteiger partial charge in [0.25, 0.3) is 0 Å². The van der Waals surface area contributed by atoms with E-state index in [1.807, 2.05) is 4.68 Å². The van der Waals surface area contributed by atoms with Gasteiger partial charge in [-0.3, -0.25) is 9.67 Å². The average Bonchev–Trinajstić information content (AvgIpc) is 3.46. The summed E-state index contributed by atoms with van der Waals surface area (Å²) in [6.07, 6.45) is 7.23. The molecule has 0 amide bonds. The maximum Gasteiger partial charge on any atom is 0.180 e. The van der Waals surface area contributed by atoms with Crippen molar-refractivity contribution in [3.05, 3.63) is 60.0 Å². The molecule has 3 heterocycles. The summed E-state index contributed by atoms with van der Waals surface area (Å²) in [5.41, 5.74) is 4.26. The number of benzene rings is 1. The fourth-order valence-corrected chi connectivity index (χ4v) is 4.03. The van der Waals surface area contributed by atoms with E-state index in [2.05, 4.69) is 40.8 Å². The minimum absolute atomic E-state index is 0.263. The lowest BCUT2D eigenvalue weighted by Crippen LogP contribution is -2.21. The van der Waals surface area contributed by atoms with Crippen molar-refractivity contribution in [2.24, 2.45) is 5.92 Å². The zero-order valence-electron chi connectivity index (χ0n) is 16.7. The number of hydrogen-bond donors (Lipinski definition) is 3. The highest BCUT2D eigenvalue weighted by atomic mass is 16.5. The number of anilines is 1. The van der Waals surface area contributed by atoms with Crippen LogP contribution in [0.4, 0.5) is 5.69 Å². The first-order valence-electron chi connectivity index (χ1n) is 10.5. The Hall–Kier alpha value is -2.90. The van der Waals surface area contributed by atoms with Crippen molar-refractivity contribution >= 4 is 5.69 Å². The lowest BCUT2D eigenvalue weighted by molar-refractivity contribution is -0.0419. The third-order valence-electron chi connectivity index (χ3n) is 5.93. The van der Waals surface area contributed by atoms with Crippen molar-refractivity contribution < 1.29 is 14.9 Å². The van der Waals surface area contributed by atoms with E-state index in [0.717, 1.165) is 41.5 Å². The molecule has 3 N–H and O–H groups in total. The first-order chi connectivity index (χ1) is 14.7. The number of aromatic nitrogens is 3. The summed E-state index contributed by atoms with van der Waals surface area (Å²) in [5, 5.41) is 27.2. The predicted molar refractivity (Wildman–Crippen MR) is 113 cm³/mol. The molecule has 1 aliphatic heterocycles. The summed E-state index contributed by atoms with van der Waals surface area (Å²) in [7, 11) is 0. The van der Waals surface area contributed by atoms with Crippen molar-refractivity contribution in [3.63, 3.8) is 0 Å². The van der Waals surface area contributed by atoms with Crippen LogP contribution in [0.15, 0.2) is 48.9 Å². The second kappa shape index (κ2) is 8.08. The quantitative estimate of drug-likeness (QED) is 0.522. The van der Waals surface area contributed by atoms with Crippen LogP contribution in [0.25, 0.3) is 11.3 Å². The topological polar surface area (TPSA) is 92.4 Å². The van der Waals surface area contributed by atoms with Crippen molar-refractivity contribution in [1.82, 2.24) is 14.8 Å². The third kappa shape index (κ3) is 4.04. The van der Waals surface area contributed by atoms with Gasteiger partial charge in [-0.1, -0.05) is 12.1 Å². The molecule has 1 aromatic carbocycles. The van der Waals surface area contributed by atoms with Gasteiger partial charge in [0.1, 0.15) is 5.75 Å². The standard InChI is InChI=1S/C23H26N4O3/c28-23(29)19-5-8-24-13-21(19)25-12-17-7-10-30-22-11-16(3-4-18(17)22)20-6-9-27(26-20)14-15-1-2-15/h3-6,8-9,11,13,15,17,23,25,28-29H,1-2,7,10,12,14H2/t17-/m1/s1. The number of aliphatic hydroxyl groups is 2. The number of aliphatic hydroxyl groups excluding tert-OH is 1. The summed E-state index contributed by atoms with van der Waals surface area (Å²) in [6.45, 7) is 2.33. The Morgan fingerprint density at radius 2 is 2.07 bits per heavy atom. The zero-order chi connectivity index (χ0) is 20.5. The van der Waals surface area contributed by atoms with Crippen molar-refractivity contribution in [1.29, 1.82) is 0 Å². The SMILES string of the molecule is OC(O)c1ccncc1NC[C@H]1CCOc2cc(-c3ccn(CC4CC4)n3)ccc21. The van der Waals surface area contributed by atoms with Gasteiger partial charge in [0.15, 0.2) is 6.29 Å². The summed E-state index contributed by atoms with van der Waals surface area (Å²) >= 11 is 0. The molecule has 1 saturated carbocycles. The van der Waals surface area contributed by atoms with Gasteiger partial charge in [-0.25, -0.2) is 0 Å². The van der Waals surface area contributed by atoms with Gasteiger partial charge < -0.3 is 20.3 Å². The van der Waals surface area contributed by atoms with Crippen molar-refractivity contribution in [3.8, 4) is 17.0 Å². The summed E-state index contributed by atoms with van der Waals surface area (Å²) in [6, 6.07) is 9.99. The number of pyridine rings is 1. The largest absolute Gasteiger partial charge is 0.493 e. The lowest BCUT2D eigenvalue weighted by Gasteiger charge is -2.27. The van der Waals surface area contributed by atoms with E-state index in [4.69, 9.17) is 9.84 Å². The second-order valence-electron chi connectivity index (χ2n) is 8.17. The van der Waals surface area contributed by atoms with Gasteiger partial charge in [-0.15, -0.1) is 0 Å². The molecule has 0 radical (unpaired) electrons. The Morgan fingerprint density at radius 3 is 2.90 bits per heavy atom. The number of hydrogen-bond acceptors (Lipinski definition) is 6. The number of fused-ring (bicyclic) bond motifs is 1. The van der Waals surface area contributed by atoms with Crippen LogP contribution in [0.5, 0.6) is 5.75 Å². The van der Waals surface area contributed by atoms with Gasteiger partial charge >= 0.3 is 0 Å². The molecule has 30 heavy (non-hydrogen) atoms. The van der Waals surface area contributed by atoms with Crippen molar-refractivity contribution in [2.75, 3.05) is 18.5 Å². The fourth-order valence-electron chi connectivity index (χ4n) is 4.03. The van der Waals surface area contributed by atoms with Gasteiger partial charge in [0.05, 0.1) is 24.2 Å². The van der Waals surface area contributed by atoms with E-state index < -0.39 is 6.29 Å². The molecule has 5 rings (SSSR count). The smallest absolute Gasteiger partial charge is 0.180 e. The summed E-state index contributed by atoms with van der Waals surface area (Å²) in [4.78, 5) is 4.09. The molecule has 0 unspecified atom stereocenters. The van der Waals surface area contributed by atoms with E-state index >= 15 is 0 Å². The minimum atomic E-state index is -1.53. The molecular weight excluding hydrogens is 380 g/mol. The van der Waals surface area contributed by atoms with Crippen LogP contribution in [0.3, 0.4) is 0 Å². The van der Waals surface area contributed by atoms with Crippen LogP contribution in [-0.2, 0) is 6.54 Å². The molecule has 3 aromatic rings. The van der Waals surface area contributed by atoms with Gasteiger partial charge in [-0.05, 0) is 48.9 Å². The minimum Gasteiger partial charge on any atom is -0.493 e. The van der Waals surface area contributed by atoms with Gasteiger partial charge in [0.2, 0.25) is 0 Å². The van der Waals surface area contributed by atoms with Crippen LogP contribution < -0.4 is 10.1 Å². The van der Waals surface area contributed by atoms with E-state index in [0.29, 0.717) is 24.4 Å². The number of nitrogens with zero attached hydrogens (tertiary/aromatic N) is 3. The maximum absolute atomic E-state index is 9.55. The Balaban J connectivity index is 1.32. The molecule has 1 aliphatic carbocycles. The Kier molecular flexibility index (Phi) is 5.14. The third-order valence-corrected chi connectivity index (χ3v) is 5.93. The van der Waals surface area contributed by atoms with E-state index in [9.17, 15) is 10.2 Å². The second-order valence-corrected chi connectivity index (χ2v) is 8.17. The summed E-state index contributed by atoms with van der Waals surface area (Å²) in [5.74, 6) is 1.96. The molecule has 0 bridgehead atoms. The Morgan fingerprint density at radius 1 is 1.17 bits per heavy atom. The first kappa shape index (κ1) is 19.1. The van der Waals surface area contributed by atoms with Crippen LogP contribution in [0.1, 0.15) is 42.6 Å². The Bertz CT molecular complexity index is 1030. The number of ether oxygens (including phenoxy) is 1. The lowest BCUT2D eigenvalue weighted by atomic mass is 9.91. The highest BCUT2D eigenvalue weighted by Gasteiger charge is 2.24. The Labute approximate surface area is 175 Å². The molecule has 1 atom stereocenters. The molecule has 7 heteroatoms. The number of nitrogens with one attached hydrogen (secondary N) is 1. The van der Waals surface area contributed by atoms with E-state index in [1.54, 1.807) is 18.5 Å². The molecule has 156 valence electrons. The van der Waals surface area contributed by atoms with E-state index in [1.165, 1.54) is 12.8 Å². The van der Waals surface area contributed by atoms with Crippen LogP contribution in [0, 0.1) is 5.92 Å². The molecule has 1 fully saturated rings. The maximum atomic E-state index is 9.55. The number of rotatable bonds is 7. The first-order valence-corrected chi connectivity index (χ1v) is 10.5. The highest BCUT2D eigenvalue weighted by Crippen LogP contribution is 2.37. The molecule has 0 saturated heterocycles. The van der Waals surface area contributed by atoms with Gasteiger partial charge in [0, 0.05) is 42.5 Å². The molecule has 0 spiro atoms. The fraction of sp³-hybridized carbons (Fsp3) is 0.391. The van der Waals surface area contributed by atoms with Crippen LogP contribution >= 0.6 is 0 Å². The predicted octanol–water partition coefficient (Wildman–Crippen LogP) is 3.32. The normalized spacial score (nSPS) is 18.2. The van der Waals surface area contributed by atoms with Crippen LogP contribution in [0.2, 0.25) is 0 Å². The monoisotopic (exact) mass is 406 g/mol.